The van der Waals surface area contributed by atoms with Crippen LogP contribution in [-0.2, 0) is 11.3 Å². The van der Waals surface area contributed by atoms with Crippen LogP contribution in [0.3, 0.4) is 0 Å². The Morgan fingerprint density at radius 3 is 2.81 bits per heavy atom. The number of hydrogen-bond acceptors (Lipinski definition) is 6. The molecule has 8 heteroatoms. The molecule has 1 aliphatic rings. The molecule has 0 saturated carbocycles. The zero-order valence-electron chi connectivity index (χ0n) is 14.7. The van der Waals surface area contributed by atoms with Crippen LogP contribution >= 0.6 is 0 Å². The molecule has 2 atom stereocenters. The average molecular weight is 352 g/mol. The van der Waals surface area contributed by atoms with Gasteiger partial charge in [-0.25, -0.2) is 4.98 Å². The Hall–Kier alpha value is -3.03. The van der Waals surface area contributed by atoms with Gasteiger partial charge in [-0.1, -0.05) is 12.1 Å². The molecule has 0 unspecified atom stereocenters. The summed E-state index contributed by atoms with van der Waals surface area (Å²) in [5, 5.41) is 4.08. The van der Waals surface area contributed by atoms with E-state index in [1.54, 1.807) is 18.6 Å². The Morgan fingerprint density at radius 2 is 2.08 bits per heavy atom. The molecule has 1 aliphatic heterocycles. The van der Waals surface area contributed by atoms with E-state index in [0.29, 0.717) is 31.3 Å². The molecular formula is C18H20N6O2. The summed E-state index contributed by atoms with van der Waals surface area (Å²) in [4.78, 5) is 27.2. The lowest BCUT2D eigenvalue weighted by molar-refractivity contribution is -0.131. The van der Waals surface area contributed by atoms with Crippen molar-refractivity contribution >= 4 is 5.91 Å². The van der Waals surface area contributed by atoms with Crippen molar-refractivity contribution in [3.05, 3.63) is 48.6 Å². The average Bonchev–Trinajstić information content (AvgIpc) is 3.36. The van der Waals surface area contributed by atoms with Crippen LogP contribution in [0.25, 0.3) is 11.4 Å². The third kappa shape index (κ3) is 3.10. The van der Waals surface area contributed by atoms with Crippen LogP contribution in [0.5, 0.6) is 0 Å². The zero-order chi connectivity index (χ0) is 18.1. The predicted molar refractivity (Wildman–Crippen MR) is 93.0 cm³/mol. The lowest BCUT2D eigenvalue weighted by Gasteiger charge is -2.16. The number of likely N-dealkylation sites (tertiary alicyclic amines) is 1. The van der Waals surface area contributed by atoms with E-state index in [-0.39, 0.29) is 17.7 Å². The van der Waals surface area contributed by atoms with Crippen molar-refractivity contribution in [1.82, 2.24) is 29.6 Å². The van der Waals surface area contributed by atoms with Crippen molar-refractivity contribution in [3.8, 4) is 11.4 Å². The van der Waals surface area contributed by atoms with Gasteiger partial charge in [-0.3, -0.25) is 9.78 Å². The molecule has 4 heterocycles. The van der Waals surface area contributed by atoms with Crippen LogP contribution in [0.2, 0.25) is 0 Å². The van der Waals surface area contributed by atoms with Gasteiger partial charge in [0.2, 0.25) is 17.6 Å². The quantitative estimate of drug-likeness (QED) is 0.712. The molecule has 3 aromatic rings. The molecule has 8 nitrogen and oxygen atoms in total. The highest BCUT2D eigenvalue weighted by atomic mass is 16.5. The van der Waals surface area contributed by atoms with Crippen molar-refractivity contribution in [2.75, 3.05) is 13.1 Å². The Morgan fingerprint density at radius 1 is 1.27 bits per heavy atom. The fraction of sp³-hybridized carbons (Fsp3) is 0.389. The van der Waals surface area contributed by atoms with Gasteiger partial charge in [0.05, 0.1) is 5.92 Å². The molecule has 1 fully saturated rings. The minimum absolute atomic E-state index is 0.0471. The van der Waals surface area contributed by atoms with Gasteiger partial charge in [-0.2, -0.15) is 4.98 Å². The number of carbonyl (C=O) groups is 1. The van der Waals surface area contributed by atoms with Crippen LogP contribution in [0.4, 0.5) is 0 Å². The highest BCUT2D eigenvalue weighted by molar-refractivity contribution is 5.76. The molecular weight excluding hydrogens is 332 g/mol. The summed E-state index contributed by atoms with van der Waals surface area (Å²) in [5.41, 5.74) is 0.865. The second-order valence-corrected chi connectivity index (χ2v) is 6.68. The summed E-state index contributed by atoms with van der Waals surface area (Å²) in [6.45, 7) is 5.58. The van der Waals surface area contributed by atoms with E-state index in [0.717, 1.165) is 11.4 Å². The van der Waals surface area contributed by atoms with E-state index < -0.39 is 0 Å². The third-order valence-electron chi connectivity index (χ3n) is 4.89. The van der Waals surface area contributed by atoms with E-state index >= 15 is 0 Å². The first-order chi connectivity index (χ1) is 12.6. The van der Waals surface area contributed by atoms with Gasteiger partial charge in [-0.15, -0.1) is 0 Å². The molecule has 0 aliphatic carbocycles. The molecule has 0 aromatic carbocycles. The molecule has 1 saturated heterocycles. The van der Waals surface area contributed by atoms with Crippen LogP contribution in [0.15, 0.2) is 41.4 Å². The van der Waals surface area contributed by atoms with Gasteiger partial charge in [0.25, 0.3) is 0 Å². The first-order valence-corrected chi connectivity index (χ1v) is 8.61. The first-order valence-electron chi connectivity index (χ1n) is 8.61. The van der Waals surface area contributed by atoms with Crippen LogP contribution in [-0.4, -0.2) is 48.6 Å². The second kappa shape index (κ2) is 6.70. The molecule has 0 spiro atoms. The number of carbonyl (C=O) groups excluding carboxylic acids is 1. The summed E-state index contributed by atoms with van der Waals surface area (Å²) in [5.74, 6) is 2.35. The summed E-state index contributed by atoms with van der Waals surface area (Å²) >= 11 is 0. The standard InChI is InChI=1S/C18H20N6O2/c1-12-9-24(16(25)11-23-8-7-20-13(23)2)10-15(12)18-21-17(22-26-18)14-3-5-19-6-4-14/h3-8,12,15H,9-11H2,1-2H3/t12-,15-/m1/s1. The van der Waals surface area contributed by atoms with Crippen molar-refractivity contribution < 1.29 is 9.32 Å². The minimum Gasteiger partial charge on any atom is -0.340 e. The Bertz CT molecular complexity index is 903. The van der Waals surface area contributed by atoms with Gasteiger partial charge < -0.3 is 14.0 Å². The number of aromatic nitrogens is 5. The number of imidazole rings is 1. The highest BCUT2D eigenvalue weighted by Gasteiger charge is 2.37. The minimum atomic E-state index is 0.0471. The van der Waals surface area contributed by atoms with Gasteiger partial charge in [0.15, 0.2) is 0 Å². The molecule has 3 aromatic heterocycles. The summed E-state index contributed by atoms with van der Waals surface area (Å²) < 4.78 is 7.35. The van der Waals surface area contributed by atoms with E-state index in [2.05, 4.69) is 27.0 Å². The van der Waals surface area contributed by atoms with Crippen molar-refractivity contribution in [1.29, 1.82) is 0 Å². The monoisotopic (exact) mass is 352 g/mol. The molecule has 1 amide bonds. The maximum Gasteiger partial charge on any atom is 0.242 e. The highest BCUT2D eigenvalue weighted by Crippen LogP contribution is 2.32. The Kier molecular flexibility index (Phi) is 4.24. The van der Waals surface area contributed by atoms with Crippen molar-refractivity contribution in [3.63, 3.8) is 0 Å². The van der Waals surface area contributed by atoms with E-state index in [1.165, 1.54) is 0 Å². The van der Waals surface area contributed by atoms with Crippen molar-refractivity contribution in [2.24, 2.45) is 5.92 Å². The molecule has 4 rings (SSSR count). The van der Waals surface area contributed by atoms with Gasteiger partial charge in [0, 0.05) is 43.4 Å². The molecule has 0 N–H and O–H groups in total. The lowest BCUT2D eigenvalue weighted by atomic mass is 9.98. The number of amides is 1. The van der Waals surface area contributed by atoms with Gasteiger partial charge in [-0.05, 0) is 25.0 Å². The normalized spacial score (nSPS) is 19.8. The Balaban J connectivity index is 1.46. The molecule has 134 valence electrons. The van der Waals surface area contributed by atoms with Gasteiger partial charge in [0.1, 0.15) is 12.4 Å². The maximum absolute atomic E-state index is 12.6. The predicted octanol–water partition coefficient (Wildman–Crippen LogP) is 1.90. The Labute approximate surface area is 150 Å². The second-order valence-electron chi connectivity index (χ2n) is 6.68. The van der Waals surface area contributed by atoms with Gasteiger partial charge >= 0.3 is 0 Å². The first kappa shape index (κ1) is 16.4. The van der Waals surface area contributed by atoms with Crippen molar-refractivity contribution in [2.45, 2.75) is 26.3 Å². The van der Waals surface area contributed by atoms with Crippen LogP contribution in [0.1, 0.15) is 24.6 Å². The number of hydrogen-bond donors (Lipinski definition) is 0. The van der Waals surface area contributed by atoms with E-state index in [9.17, 15) is 4.79 Å². The largest absolute Gasteiger partial charge is 0.340 e. The topological polar surface area (TPSA) is 89.9 Å². The van der Waals surface area contributed by atoms with E-state index in [4.69, 9.17) is 4.52 Å². The lowest BCUT2D eigenvalue weighted by Crippen LogP contribution is -2.32. The number of pyridine rings is 1. The van der Waals surface area contributed by atoms with Crippen LogP contribution in [0, 0.1) is 12.8 Å². The summed E-state index contributed by atoms with van der Waals surface area (Å²) in [7, 11) is 0. The number of aryl methyl sites for hydroxylation is 1. The fourth-order valence-corrected chi connectivity index (χ4v) is 3.31. The number of rotatable bonds is 4. The smallest absolute Gasteiger partial charge is 0.242 e. The molecule has 26 heavy (non-hydrogen) atoms. The SMILES string of the molecule is Cc1nccn1CC(=O)N1C[C@@H](C)[C@H](c2nc(-c3ccncc3)no2)C1. The summed E-state index contributed by atoms with van der Waals surface area (Å²) in [6, 6.07) is 3.69. The number of nitrogens with zero attached hydrogens (tertiary/aromatic N) is 6. The maximum atomic E-state index is 12.6. The van der Waals surface area contributed by atoms with Crippen LogP contribution < -0.4 is 0 Å². The fourth-order valence-electron chi connectivity index (χ4n) is 3.31. The summed E-state index contributed by atoms with van der Waals surface area (Å²) in [6.07, 6.45) is 6.92. The molecule has 0 radical (unpaired) electrons. The molecule has 0 bridgehead atoms. The zero-order valence-corrected chi connectivity index (χ0v) is 14.7. The third-order valence-corrected chi connectivity index (χ3v) is 4.89. The van der Waals surface area contributed by atoms with E-state index in [1.807, 2.05) is 34.7 Å².